The number of aromatic nitrogens is 2. The van der Waals surface area contributed by atoms with Crippen molar-refractivity contribution in [3.63, 3.8) is 0 Å². The summed E-state index contributed by atoms with van der Waals surface area (Å²) < 4.78 is 91.6. The summed E-state index contributed by atoms with van der Waals surface area (Å²) >= 11 is 0. The van der Waals surface area contributed by atoms with Crippen molar-refractivity contribution >= 4 is 11.5 Å². The first-order valence-corrected chi connectivity index (χ1v) is 13.9. The van der Waals surface area contributed by atoms with Crippen molar-refractivity contribution in [1.82, 2.24) is 9.97 Å². The molecule has 0 radical (unpaired) electrons. The first-order chi connectivity index (χ1) is 21.7. The summed E-state index contributed by atoms with van der Waals surface area (Å²) in [5.41, 5.74) is 1.74. The van der Waals surface area contributed by atoms with Crippen LogP contribution in [-0.4, -0.2) is 35.7 Å². The van der Waals surface area contributed by atoms with Crippen LogP contribution >= 0.6 is 0 Å². The molecule has 5 rings (SSSR count). The van der Waals surface area contributed by atoms with E-state index >= 15 is 0 Å². The lowest BCUT2D eigenvalue weighted by Crippen LogP contribution is -2.13. The van der Waals surface area contributed by atoms with E-state index in [4.69, 9.17) is 14.3 Å². The standard InChI is InChI=1S/C33H27F6N3O4/c1-17-9-19(18(2)43)5-6-25(17)21-12-27(31(45-4)40-16-21)26-7-8-30(44-3)41-28(26)14-24-15-29(46-42-24)20-10-22(32(34,35)36)13-23(11-20)33(37,38)39/h5-13,16,29H,14-15H2,1-4H3/t29-/m0/s1. The van der Waals surface area contributed by atoms with Gasteiger partial charge in [0.1, 0.15) is 0 Å². The third-order valence-corrected chi connectivity index (χ3v) is 7.52. The highest BCUT2D eigenvalue weighted by molar-refractivity contribution is 5.95. The van der Waals surface area contributed by atoms with E-state index in [1.165, 1.54) is 21.1 Å². The predicted octanol–water partition coefficient (Wildman–Crippen LogP) is 8.44. The SMILES string of the molecule is COc1ccc(-c2cc(-c3ccc(C(C)=O)cc3C)cnc2OC)c(CC2=NO[C@H](c3cc(C(F)(F)F)cc(C(F)(F)F)c3)C2)n1. The smallest absolute Gasteiger partial charge is 0.416 e. The zero-order chi connectivity index (χ0) is 33.4. The Bertz CT molecular complexity index is 1800. The second-order valence-electron chi connectivity index (χ2n) is 10.7. The van der Waals surface area contributed by atoms with Gasteiger partial charge in [0.2, 0.25) is 11.8 Å². The fourth-order valence-electron chi connectivity index (χ4n) is 5.20. The highest BCUT2D eigenvalue weighted by atomic mass is 19.4. The minimum atomic E-state index is -4.99. The Morgan fingerprint density at radius 1 is 0.891 bits per heavy atom. The van der Waals surface area contributed by atoms with Crippen molar-refractivity contribution in [1.29, 1.82) is 0 Å². The van der Waals surface area contributed by atoms with Crippen LogP contribution in [0.3, 0.4) is 0 Å². The fourth-order valence-corrected chi connectivity index (χ4v) is 5.20. The molecule has 0 fully saturated rings. The molecular weight excluding hydrogens is 616 g/mol. The molecule has 0 N–H and O–H groups in total. The Hall–Kier alpha value is -4.94. The van der Waals surface area contributed by atoms with Crippen molar-refractivity contribution in [2.24, 2.45) is 5.16 Å². The van der Waals surface area contributed by atoms with E-state index in [2.05, 4.69) is 15.1 Å². The Morgan fingerprint density at radius 2 is 1.57 bits per heavy atom. The molecule has 13 heteroatoms. The van der Waals surface area contributed by atoms with Crippen molar-refractivity contribution in [2.75, 3.05) is 14.2 Å². The van der Waals surface area contributed by atoms with Gasteiger partial charge in [-0.15, -0.1) is 0 Å². The van der Waals surface area contributed by atoms with Crippen LogP contribution < -0.4 is 9.47 Å². The second-order valence-corrected chi connectivity index (χ2v) is 10.7. The number of hydrogen-bond donors (Lipinski definition) is 0. The van der Waals surface area contributed by atoms with Crippen molar-refractivity contribution in [3.05, 3.63) is 94.3 Å². The van der Waals surface area contributed by atoms with Gasteiger partial charge in [0.15, 0.2) is 11.9 Å². The Balaban J connectivity index is 1.49. The highest BCUT2D eigenvalue weighted by Gasteiger charge is 2.38. The first-order valence-electron chi connectivity index (χ1n) is 13.9. The van der Waals surface area contributed by atoms with Crippen LogP contribution in [0.15, 0.2) is 65.9 Å². The number of benzene rings is 2. The van der Waals surface area contributed by atoms with E-state index in [1.807, 2.05) is 19.1 Å². The van der Waals surface area contributed by atoms with Gasteiger partial charge in [0.05, 0.1) is 36.8 Å². The van der Waals surface area contributed by atoms with Gasteiger partial charge in [-0.05, 0) is 66.9 Å². The van der Waals surface area contributed by atoms with Crippen LogP contribution in [0.4, 0.5) is 26.3 Å². The molecule has 4 aromatic rings. The number of carbonyl (C=O) groups is 1. The molecule has 0 amide bonds. The van der Waals surface area contributed by atoms with Gasteiger partial charge >= 0.3 is 12.4 Å². The van der Waals surface area contributed by atoms with Gasteiger partial charge in [-0.2, -0.15) is 26.3 Å². The minimum absolute atomic E-state index is 0.0356. The molecule has 0 saturated carbocycles. The maximum atomic E-state index is 13.4. The molecule has 240 valence electrons. The summed E-state index contributed by atoms with van der Waals surface area (Å²) in [5, 5.41) is 4.00. The number of rotatable bonds is 8. The molecule has 0 bridgehead atoms. The van der Waals surface area contributed by atoms with Gasteiger partial charge in [-0.1, -0.05) is 17.3 Å². The van der Waals surface area contributed by atoms with Gasteiger partial charge in [0.25, 0.3) is 0 Å². The summed E-state index contributed by atoms with van der Waals surface area (Å²) in [6.07, 6.45) is -9.56. The molecule has 3 heterocycles. The molecule has 1 aliphatic rings. The van der Waals surface area contributed by atoms with Crippen LogP contribution in [0.5, 0.6) is 11.8 Å². The molecule has 1 atom stereocenters. The number of Topliss-reactive ketones (excluding diaryl/α,β-unsaturated/α-hetero) is 1. The minimum Gasteiger partial charge on any atom is -0.481 e. The lowest BCUT2D eigenvalue weighted by molar-refractivity contribution is -0.143. The number of oxime groups is 1. The normalized spacial score (nSPS) is 14.9. The third kappa shape index (κ3) is 6.82. The average Bonchev–Trinajstić information content (AvgIpc) is 3.48. The molecule has 2 aromatic heterocycles. The molecule has 0 spiro atoms. The fraction of sp³-hybridized carbons (Fsp3) is 0.273. The molecule has 2 aromatic carbocycles. The number of hydrogen-bond acceptors (Lipinski definition) is 7. The van der Waals surface area contributed by atoms with Crippen LogP contribution in [0.2, 0.25) is 0 Å². The number of alkyl halides is 6. The molecule has 7 nitrogen and oxygen atoms in total. The summed E-state index contributed by atoms with van der Waals surface area (Å²) in [5.74, 6) is 0.481. The van der Waals surface area contributed by atoms with E-state index in [0.29, 0.717) is 40.2 Å². The lowest BCUT2D eigenvalue weighted by Gasteiger charge is -2.16. The zero-order valence-electron chi connectivity index (χ0n) is 25.0. The lowest BCUT2D eigenvalue weighted by atomic mass is 9.94. The van der Waals surface area contributed by atoms with Gasteiger partial charge in [0, 0.05) is 47.4 Å². The van der Waals surface area contributed by atoms with E-state index in [9.17, 15) is 31.1 Å². The van der Waals surface area contributed by atoms with Gasteiger partial charge < -0.3 is 14.3 Å². The average molecular weight is 644 g/mol. The second kappa shape index (κ2) is 12.5. The number of pyridine rings is 2. The molecule has 0 aliphatic carbocycles. The number of carbonyl (C=O) groups excluding carboxylic acids is 1. The summed E-state index contributed by atoms with van der Waals surface area (Å²) in [6.45, 7) is 3.36. The largest absolute Gasteiger partial charge is 0.481 e. The number of methoxy groups -OCH3 is 2. The van der Waals surface area contributed by atoms with Gasteiger partial charge in [-0.25, -0.2) is 9.97 Å². The molecule has 1 aliphatic heterocycles. The first kappa shape index (κ1) is 32.5. The Labute approximate surface area is 259 Å². The number of ketones is 1. The van der Waals surface area contributed by atoms with E-state index in [-0.39, 0.29) is 42.0 Å². The summed E-state index contributed by atoms with van der Waals surface area (Å²) in [7, 11) is 2.89. The maximum absolute atomic E-state index is 13.4. The quantitative estimate of drug-likeness (QED) is 0.142. The third-order valence-electron chi connectivity index (χ3n) is 7.52. The highest BCUT2D eigenvalue weighted by Crippen LogP contribution is 2.41. The Morgan fingerprint density at radius 3 is 2.15 bits per heavy atom. The van der Waals surface area contributed by atoms with Gasteiger partial charge in [-0.3, -0.25) is 4.79 Å². The van der Waals surface area contributed by atoms with E-state index < -0.39 is 29.6 Å². The maximum Gasteiger partial charge on any atom is 0.416 e. The molecule has 0 saturated heterocycles. The topological polar surface area (TPSA) is 82.9 Å². The zero-order valence-corrected chi connectivity index (χ0v) is 25.0. The van der Waals surface area contributed by atoms with Crippen LogP contribution in [0.1, 0.15) is 57.8 Å². The summed E-state index contributed by atoms with van der Waals surface area (Å²) in [4.78, 5) is 26.3. The molecule has 46 heavy (non-hydrogen) atoms. The summed E-state index contributed by atoms with van der Waals surface area (Å²) in [6, 6.07) is 11.9. The van der Waals surface area contributed by atoms with Crippen LogP contribution in [-0.2, 0) is 23.6 Å². The Kier molecular flexibility index (Phi) is 8.78. The number of halogens is 6. The van der Waals surface area contributed by atoms with Crippen LogP contribution in [0, 0.1) is 6.92 Å². The number of ether oxygens (including phenoxy) is 2. The van der Waals surface area contributed by atoms with Crippen molar-refractivity contribution < 1.29 is 45.4 Å². The molecule has 0 unspecified atom stereocenters. The van der Waals surface area contributed by atoms with E-state index in [0.717, 1.165) is 16.7 Å². The predicted molar refractivity (Wildman–Crippen MR) is 157 cm³/mol. The number of nitrogens with zero attached hydrogens (tertiary/aromatic N) is 3. The van der Waals surface area contributed by atoms with Crippen LogP contribution in [0.25, 0.3) is 22.3 Å². The monoisotopic (exact) mass is 643 g/mol. The van der Waals surface area contributed by atoms with E-state index in [1.54, 1.807) is 30.5 Å². The van der Waals surface area contributed by atoms with Crippen molar-refractivity contribution in [2.45, 2.75) is 45.1 Å². The van der Waals surface area contributed by atoms with Crippen molar-refractivity contribution in [3.8, 4) is 34.0 Å². The molecular formula is C33H27F6N3O4. The number of aryl methyl sites for hydroxylation is 1.